The van der Waals surface area contributed by atoms with Crippen LogP contribution in [0, 0.1) is 0 Å². The summed E-state index contributed by atoms with van der Waals surface area (Å²) in [4.78, 5) is 24.1. The molecule has 1 saturated heterocycles. The minimum absolute atomic E-state index is 0.250. The van der Waals surface area contributed by atoms with Crippen molar-refractivity contribution in [3.8, 4) is 5.75 Å². The lowest BCUT2D eigenvalue weighted by molar-refractivity contribution is -0.148. The van der Waals surface area contributed by atoms with Gasteiger partial charge in [0.15, 0.2) is 0 Å². The van der Waals surface area contributed by atoms with Crippen molar-refractivity contribution in [1.82, 2.24) is 5.32 Å². The maximum absolute atomic E-state index is 12.5. The van der Waals surface area contributed by atoms with E-state index in [0.29, 0.717) is 12.8 Å². The first-order chi connectivity index (χ1) is 10.5. The molecule has 0 aromatic heterocycles. The molecule has 1 aliphatic rings. The highest BCUT2D eigenvalue weighted by atomic mass is 32.2. The first-order valence-corrected chi connectivity index (χ1v) is 8.41. The molecular formula is C16H21NO4S. The number of benzene rings is 1. The third-order valence-corrected chi connectivity index (χ3v) is 5.11. The quantitative estimate of drug-likeness (QED) is 0.869. The molecule has 0 saturated carbocycles. The van der Waals surface area contributed by atoms with E-state index in [1.807, 2.05) is 12.1 Å². The second-order valence-corrected chi connectivity index (χ2v) is 6.71. The molecule has 0 radical (unpaired) electrons. The monoisotopic (exact) mass is 323 g/mol. The summed E-state index contributed by atoms with van der Waals surface area (Å²) < 4.78 is 5.10. The predicted octanol–water partition coefficient (Wildman–Crippen LogP) is 2.27. The fourth-order valence-corrected chi connectivity index (χ4v) is 3.69. The van der Waals surface area contributed by atoms with Crippen LogP contribution in [0.3, 0.4) is 0 Å². The standard InChI is InChI=1S/C16H21NO4S/c1-11(12-3-5-13(21-2)6-4-12)14(18)17-16(15(19)20)7-9-22-10-8-16/h3-6,11H,7-10H2,1-2H3,(H,17,18)(H,19,20). The normalized spacial score (nSPS) is 18.3. The molecule has 1 fully saturated rings. The van der Waals surface area contributed by atoms with Crippen molar-refractivity contribution in [3.63, 3.8) is 0 Å². The van der Waals surface area contributed by atoms with Crippen LogP contribution in [0.2, 0.25) is 0 Å². The van der Waals surface area contributed by atoms with Crippen molar-refractivity contribution in [2.45, 2.75) is 31.2 Å². The molecule has 1 aromatic rings. The Labute approximate surface area is 134 Å². The van der Waals surface area contributed by atoms with Crippen molar-refractivity contribution in [2.75, 3.05) is 18.6 Å². The molecular weight excluding hydrogens is 302 g/mol. The van der Waals surface area contributed by atoms with Crippen LogP contribution in [0.25, 0.3) is 0 Å². The number of rotatable bonds is 5. The van der Waals surface area contributed by atoms with Gasteiger partial charge in [-0.05, 0) is 49.0 Å². The lowest BCUT2D eigenvalue weighted by Gasteiger charge is -2.34. The number of methoxy groups -OCH3 is 1. The number of carbonyl (C=O) groups excluding carboxylic acids is 1. The average Bonchev–Trinajstić information content (AvgIpc) is 2.55. The zero-order chi connectivity index (χ0) is 16.2. The smallest absolute Gasteiger partial charge is 0.329 e. The van der Waals surface area contributed by atoms with Crippen LogP contribution in [-0.2, 0) is 9.59 Å². The summed E-state index contributed by atoms with van der Waals surface area (Å²) in [6.07, 6.45) is 0.933. The molecule has 22 heavy (non-hydrogen) atoms. The third-order valence-electron chi connectivity index (χ3n) is 4.13. The molecule has 2 N–H and O–H groups in total. The number of carboxylic acids is 1. The number of nitrogens with one attached hydrogen (secondary N) is 1. The number of hydrogen-bond acceptors (Lipinski definition) is 4. The number of thioether (sulfide) groups is 1. The molecule has 0 spiro atoms. The predicted molar refractivity (Wildman–Crippen MR) is 86.5 cm³/mol. The maximum Gasteiger partial charge on any atom is 0.329 e. The van der Waals surface area contributed by atoms with Gasteiger partial charge in [0.05, 0.1) is 13.0 Å². The second kappa shape index (κ2) is 7.05. The molecule has 1 aliphatic heterocycles. The summed E-state index contributed by atoms with van der Waals surface area (Å²) in [6.45, 7) is 1.78. The Balaban J connectivity index is 2.10. The van der Waals surface area contributed by atoms with Gasteiger partial charge in [0, 0.05) is 0 Å². The largest absolute Gasteiger partial charge is 0.497 e. The number of aliphatic carboxylic acids is 1. The van der Waals surface area contributed by atoms with Gasteiger partial charge in [-0.2, -0.15) is 11.8 Å². The highest BCUT2D eigenvalue weighted by Gasteiger charge is 2.42. The van der Waals surface area contributed by atoms with E-state index in [9.17, 15) is 14.7 Å². The van der Waals surface area contributed by atoms with Crippen LogP contribution >= 0.6 is 11.8 Å². The molecule has 0 aliphatic carbocycles. The molecule has 1 unspecified atom stereocenters. The summed E-state index contributed by atoms with van der Waals surface area (Å²) >= 11 is 1.72. The summed E-state index contributed by atoms with van der Waals surface area (Å²) in [6, 6.07) is 7.24. The molecule has 1 heterocycles. The Kier molecular flexibility index (Phi) is 5.34. The summed E-state index contributed by atoms with van der Waals surface area (Å²) in [5.74, 6) is 0.634. The molecule has 1 amide bonds. The minimum atomic E-state index is -1.12. The Bertz CT molecular complexity index is 538. The van der Waals surface area contributed by atoms with Crippen LogP contribution < -0.4 is 10.1 Å². The average molecular weight is 323 g/mol. The minimum Gasteiger partial charge on any atom is -0.497 e. The number of ether oxygens (including phenoxy) is 1. The molecule has 1 atom stereocenters. The second-order valence-electron chi connectivity index (χ2n) is 5.48. The third kappa shape index (κ3) is 3.55. The number of carboxylic acid groups (broad SMARTS) is 1. The van der Waals surface area contributed by atoms with Gasteiger partial charge in [-0.3, -0.25) is 4.79 Å². The molecule has 0 bridgehead atoms. The topological polar surface area (TPSA) is 75.6 Å². The zero-order valence-corrected chi connectivity index (χ0v) is 13.6. The van der Waals surface area contributed by atoms with Gasteiger partial charge >= 0.3 is 5.97 Å². The molecule has 2 rings (SSSR count). The van der Waals surface area contributed by atoms with Crippen LogP contribution in [-0.4, -0.2) is 41.1 Å². The summed E-state index contributed by atoms with van der Waals surface area (Å²) in [5, 5.41) is 12.3. The van der Waals surface area contributed by atoms with Crippen LogP contribution in [0.15, 0.2) is 24.3 Å². The Morgan fingerprint density at radius 2 is 1.86 bits per heavy atom. The van der Waals surface area contributed by atoms with Crippen LogP contribution in [0.5, 0.6) is 5.75 Å². The van der Waals surface area contributed by atoms with Crippen molar-refractivity contribution in [3.05, 3.63) is 29.8 Å². The molecule has 120 valence electrons. The van der Waals surface area contributed by atoms with Gasteiger partial charge in [-0.1, -0.05) is 12.1 Å². The lowest BCUT2D eigenvalue weighted by atomic mass is 9.90. The number of hydrogen-bond donors (Lipinski definition) is 2. The Morgan fingerprint density at radius 3 is 2.36 bits per heavy atom. The fourth-order valence-electron chi connectivity index (χ4n) is 2.50. The number of carbonyl (C=O) groups is 2. The van der Waals surface area contributed by atoms with Gasteiger partial charge in [0.2, 0.25) is 5.91 Å². The first kappa shape index (κ1) is 16.7. The van der Waals surface area contributed by atoms with E-state index >= 15 is 0 Å². The van der Waals surface area contributed by atoms with E-state index in [1.165, 1.54) is 0 Å². The van der Waals surface area contributed by atoms with Gasteiger partial charge in [-0.15, -0.1) is 0 Å². The van der Waals surface area contributed by atoms with E-state index in [-0.39, 0.29) is 5.91 Å². The highest BCUT2D eigenvalue weighted by Crippen LogP contribution is 2.29. The van der Waals surface area contributed by atoms with Crippen LogP contribution in [0.1, 0.15) is 31.2 Å². The van der Waals surface area contributed by atoms with E-state index in [0.717, 1.165) is 22.8 Å². The SMILES string of the molecule is COc1ccc(C(C)C(=O)NC2(C(=O)O)CCSCC2)cc1. The van der Waals surface area contributed by atoms with Crippen molar-refractivity contribution < 1.29 is 19.4 Å². The Morgan fingerprint density at radius 1 is 1.27 bits per heavy atom. The molecule has 6 heteroatoms. The van der Waals surface area contributed by atoms with Gasteiger partial charge in [-0.25, -0.2) is 4.79 Å². The Hall–Kier alpha value is -1.69. The fraction of sp³-hybridized carbons (Fsp3) is 0.500. The lowest BCUT2D eigenvalue weighted by Crippen LogP contribution is -2.57. The van der Waals surface area contributed by atoms with Gasteiger partial charge in [0.25, 0.3) is 0 Å². The molecule has 1 aromatic carbocycles. The van der Waals surface area contributed by atoms with Gasteiger partial charge in [0.1, 0.15) is 11.3 Å². The summed E-state index contributed by atoms with van der Waals surface area (Å²) in [7, 11) is 1.59. The van der Waals surface area contributed by atoms with E-state index in [1.54, 1.807) is 37.9 Å². The van der Waals surface area contributed by atoms with E-state index in [2.05, 4.69) is 5.32 Å². The first-order valence-electron chi connectivity index (χ1n) is 7.25. The zero-order valence-electron chi connectivity index (χ0n) is 12.8. The summed E-state index contributed by atoms with van der Waals surface area (Å²) in [5.41, 5.74) is -0.285. The van der Waals surface area contributed by atoms with Crippen molar-refractivity contribution in [2.24, 2.45) is 0 Å². The van der Waals surface area contributed by atoms with E-state index < -0.39 is 17.4 Å². The van der Waals surface area contributed by atoms with Gasteiger partial charge < -0.3 is 15.2 Å². The van der Waals surface area contributed by atoms with Crippen molar-refractivity contribution >= 4 is 23.6 Å². The van der Waals surface area contributed by atoms with Crippen LogP contribution in [0.4, 0.5) is 0 Å². The molecule has 5 nitrogen and oxygen atoms in total. The number of amides is 1. The maximum atomic E-state index is 12.5. The van der Waals surface area contributed by atoms with E-state index in [4.69, 9.17) is 4.74 Å². The van der Waals surface area contributed by atoms with Crippen molar-refractivity contribution in [1.29, 1.82) is 0 Å². The highest BCUT2D eigenvalue weighted by molar-refractivity contribution is 7.99.